The van der Waals surface area contributed by atoms with Gasteiger partial charge in [-0.25, -0.2) is 13.8 Å². The van der Waals surface area contributed by atoms with Gasteiger partial charge < -0.3 is 10.5 Å². The molecule has 9 heteroatoms. The average molecular weight is 384 g/mol. The molecule has 2 aromatic heterocycles. The molecule has 2 N–H and O–H groups in total. The molecule has 0 saturated heterocycles. The first-order valence-electron chi connectivity index (χ1n) is 8.84. The van der Waals surface area contributed by atoms with Crippen LogP contribution in [0.4, 0.5) is 23.4 Å². The summed E-state index contributed by atoms with van der Waals surface area (Å²) in [5, 5.41) is 4.56. The summed E-state index contributed by atoms with van der Waals surface area (Å²) >= 11 is 0. The topological polar surface area (TPSA) is 66.0 Å². The molecule has 2 aliphatic rings. The molecule has 2 saturated carbocycles. The lowest BCUT2D eigenvalue weighted by Gasteiger charge is -2.15. The Morgan fingerprint density at radius 1 is 1.22 bits per heavy atom. The van der Waals surface area contributed by atoms with Crippen LogP contribution in [-0.4, -0.2) is 27.3 Å². The Morgan fingerprint density at radius 2 is 1.89 bits per heavy atom. The van der Waals surface area contributed by atoms with Crippen molar-refractivity contribution in [1.82, 2.24) is 14.8 Å². The molecule has 0 unspecified atom stereocenters. The summed E-state index contributed by atoms with van der Waals surface area (Å²) in [7, 11) is 0. The van der Waals surface area contributed by atoms with E-state index in [2.05, 4.69) is 14.8 Å². The highest BCUT2D eigenvalue weighted by atomic mass is 19.3. The van der Waals surface area contributed by atoms with Crippen LogP contribution in [0.3, 0.4) is 0 Å². The normalized spacial score (nSPS) is 25.9. The van der Waals surface area contributed by atoms with Gasteiger partial charge in [0.05, 0.1) is 5.69 Å². The zero-order valence-corrected chi connectivity index (χ0v) is 14.9. The summed E-state index contributed by atoms with van der Waals surface area (Å²) < 4.78 is 58.3. The van der Waals surface area contributed by atoms with Gasteiger partial charge >= 0.3 is 6.61 Å². The smallest absolute Gasteiger partial charge is 0.387 e. The molecule has 0 aliphatic heterocycles. The van der Waals surface area contributed by atoms with E-state index >= 15 is 0 Å². The van der Waals surface area contributed by atoms with Crippen LogP contribution in [-0.2, 0) is 0 Å². The summed E-state index contributed by atoms with van der Waals surface area (Å²) in [4.78, 5) is 3.90. The highest BCUT2D eigenvalue weighted by Gasteiger charge is 2.64. The number of nitrogens with zero attached hydrogens (tertiary/aromatic N) is 3. The molecule has 146 valence electrons. The van der Waals surface area contributed by atoms with E-state index in [1.165, 1.54) is 12.3 Å². The third-order valence-corrected chi connectivity index (χ3v) is 5.39. The summed E-state index contributed by atoms with van der Waals surface area (Å²) in [5.74, 6) is -2.91. The Hall–Kier alpha value is -2.32. The van der Waals surface area contributed by atoms with Gasteiger partial charge in [-0.2, -0.15) is 13.9 Å². The van der Waals surface area contributed by atoms with Gasteiger partial charge in [-0.05, 0) is 37.8 Å². The number of fused-ring (bicyclic) bond motifs is 1. The fraction of sp³-hybridized carbons (Fsp3) is 0.556. The molecule has 27 heavy (non-hydrogen) atoms. The SMILES string of the molecule is CC(C)n1nc(-c2cnc(N)c(OC(F)F)c2)cc1[C@H]1[C@@H]2CC(F)(F)C[C@@H]21. The van der Waals surface area contributed by atoms with Gasteiger partial charge in [0.15, 0.2) is 11.6 Å². The number of nitrogen functional groups attached to an aromatic ring is 1. The molecule has 0 amide bonds. The lowest BCUT2D eigenvalue weighted by molar-refractivity contribution is -0.0494. The lowest BCUT2D eigenvalue weighted by atomic mass is 10.0. The van der Waals surface area contributed by atoms with Gasteiger partial charge in [0.25, 0.3) is 0 Å². The van der Waals surface area contributed by atoms with E-state index in [0.29, 0.717) is 11.3 Å². The first-order valence-corrected chi connectivity index (χ1v) is 8.84. The second kappa shape index (κ2) is 6.10. The van der Waals surface area contributed by atoms with Crippen molar-refractivity contribution in [3.63, 3.8) is 0 Å². The van der Waals surface area contributed by atoms with Crippen LogP contribution in [0.15, 0.2) is 18.3 Å². The lowest BCUT2D eigenvalue weighted by Crippen LogP contribution is -2.15. The second-order valence-corrected chi connectivity index (χ2v) is 7.60. The van der Waals surface area contributed by atoms with E-state index in [4.69, 9.17) is 5.73 Å². The molecule has 0 aromatic carbocycles. The highest BCUT2D eigenvalue weighted by molar-refractivity contribution is 5.64. The number of aromatic nitrogens is 3. The summed E-state index contributed by atoms with van der Waals surface area (Å²) in [5.41, 5.74) is 7.49. The number of hydrogen-bond acceptors (Lipinski definition) is 4. The largest absolute Gasteiger partial charge is 0.431 e. The molecular formula is C18H20F4N4O. The Bertz CT molecular complexity index is 853. The highest BCUT2D eigenvalue weighted by Crippen LogP contribution is 2.67. The third-order valence-electron chi connectivity index (χ3n) is 5.39. The van der Waals surface area contributed by atoms with Crippen LogP contribution in [0, 0.1) is 11.8 Å². The van der Waals surface area contributed by atoms with Crippen molar-refractivity contribution in [2.24, 2.45) is 11.8 Å². The molecule has 2 aliphatic carbocycles. The maximum Gasteiger partial charge on any atom is 0.387 e. The number of hydrogen-bond donors (Lipinski definition) is 1. The number of rotatable bonds is 5. The van der Waals surface area contributed by atoms with Crippen molar-refractivity contribution >= 4 is 5.82 Å². The Kier molecular flexibility index (Phi) is 4.08. The van der Waals surface area contributed by atoms with Crippen molar-refractivity contribution in [2.75, 3.05) is 5.73 Å². The fourth-order valence-corrected chi connectivity index (χ4v) is 4.21. The number of anilines is 1. The molecule has 5 nitrogen and oxygen atoms in total. The number of alkyl halides is 4. The quantitative estimate of drug-likeness (QED) is 0.773. The molecule has 0 bridgehead atoms. The Morgan fingerprint density at radius 3 is 2.48 bits per heavy atom. The van der Waals surface area contributed by atoms with E-state index < -0.39 is 12.5 Å². The monoisotopic (exact) mass is 384 g/mol. The van der Waals surface area contributed by atoms with Crippen LogP contribution in [0.2, 0.25) is 0 Å². The number of nitrogens with two attached hydrogens (primary N) is 1. The van der Waals surface area contributed by atoms with Crippen molar-refractivity contribution < 1.29 is 22.3 Å². The first kappa shape index (κ1) is 18.1. The zero-order chi connectivity index (χ0) is 19.5. The van der Waals surface area contributed by atoms with Crippen LogP contribution in [0.25, 0.3) is 11.3 Å². The minimum absolute atomic E-state index is 0.0238. The molecule has 0 radical (unpaired) electrons. The van der Waals surface area contributed by atoms with E-state index in [-0.39, 0.29) is 48.2 Å². The summed E-state index contributed by atoms with van der Waals surface area (Å²) in [6, 6.07) is 3.24. The van der Waals surface area contributed by atoms with Crippen molar-refractivity contribution in [2.45, 2.75) is 51.2 Å². The molecule has 2 fully saturated rings. The minimum Gasteiger partial charge on any atom is -0.431 e. The fourth-order valence-electron chi connectivity index (χ4n) is 4.21. The van der Waals surface area contributed by atoms with Gasteiger partial charge in [0.1, 0.15) is 0 Å². The minimum atomic E-state index is -3.01. The number of halogens is 4. The van der Waals surface area contributed by atoms with Gasteiger partial charge in [-0.1, -0.05) is 0 Å². The van der Waals surface area contributed by atoms with Crippen molar-refractivity contribution in [3.05, 3.63) is 24.0 Å². The molecule has 0 spiro atoms. The van der Waals surface area contributed by atoms with E-state index in [1.54, 1.807) is 0 Å². The number of ether oxygens (including phenoxy) is 1. The van der Waals surface area contributed by atoms with Crippen molar-refractivity contribution in [1.29, 1.82) is 0 Å². The maximum absolute atomic E-state index is 13.5. The number of pyridine rings is 1. The zero-order valence-electron chi connectivity index (χ0n) is 14.9. The van der Waals surface area contributed by atoms with Crippen molar-refractivity contribution in [3.8, 4) is 17.0 Å². The van der Waals surface area contributed by atoms with Gasteiger partial charge in [-0.15, -0.1) is 0 Å². The standard InChI is InChI=1S/C18H20F4N4O/c1-8(2)26-13(15-10-5-18(21,22)6-11(10)15)4-12(25-26)9-3-14(27-17(19)20)16(23)24-7-9/h3-4,7-8,10-11,15,17H,5-6H2,1-2H3,(H2,23,24)/t10-,11+,15+. The van der Waals surface area contributed by atoms with Crippen LogP contribution >= 0.6 is 0 Å². The molecular weight excluding hydrogens is 364 g/mol. The van der Waals surface area contributed by atoms with Crippen LogP contribution in [0.1, 0.15) is 44.3 Å². The Balaban J connectivity index is 1.66. The Labute approximate surface area is 153 Å². The predicted molar refractivity (Wildman–Crippen MR) is 90.8 cm³/mol. The third kappa shape index (κ3) is 3.23. The van der Waals surface area contributed by atoms with Crippen LogP contribution < -0.4 is 10.5 Å². The van der Waals surface area contributed by atoms with Gasteiger partial charge in [0, 0.05) is 42.3 Å². The molecule has 3 atom stereocenters. The second-order valence-electron chi connectivity index (χ2n) is 7.60. The van der Waals surface area contributed by atoms with E-state index in [9.17, 15) is 17.6 Å². The molecule has 2 aromatic rings. The summed E-state index contributed by atoms with van der Waals surface area (Å²) in [6.45, 7) is 0.903. The first-order chi connectivity index (χ1) is 12.7. The van der Waals surface area contributed by atoms with Crippen LogP contribution in [0.5, 0.6) is 5.75 Å². The predicted octanol–water partition coefficient (Wildman–Crippen LogP) is 4.47. The summed E-state index contributed by atoms with van der Waals surface area (Å²) in [6.07, 6.45) is 1.26. The maximum atomic E-state index is 13.5. The molecule has 2 heterocycles. The average Bonchev–Trinajstić information content (AvgIpc) is 2.94. The van der Waals surface area contributed by atoms with Gasteiger partial charge in [-0.3, -0.25) is 4.68 Å². The van der Waals surface area contributed by atoms with E-state index in [0.717, 1.165) is 5.69 Å². The van der Waals surface area contributed by atoms with Gasteiger partial charge in [0.2, 0.25) is 5.92 Å². The van der Waals surface area contributed by atoms with E-state index in [1.807, 2.05) is 24.6 Å². The molecule has 4 rings (SSSR count).